The fraction of sp³-hybridized carbons (Fsp3) is 0.400. The molecule has 0 spiro atoms. The Morgan fingerprint density at radius 1 is 1.67 bits per heavy atom. The van der Waals surface area contributed by atoms with Gasteiger partial charge in [0.15, 0.2) is 0 Å². The first kappa shape index (κ1) is 11.1. The molecule has 0 heterocycles. The molecule has 0 aliphatic heterocycles. The fourth-order valence-electron chi connectivity index (χ4n) is 0.266. The van der Waals surface area contributed by atoms with E-state index >= 15 is 0 Å². The van der Waals surface area contributed by atoms with Crippen LogP contribution < -0.4 is 5.73 Å². The van der Waals surface area contributed by atoms with Gasteiger partial charge in [-0.05, 0) is 6.92 Å². The van der Waals surface area contributed by atoms with E-state index in [-0.39, 0.29) is 18.3 Å². The minimum absolute atomic E-state index is 0. The lowest BCUT2D eigenvalue weighted by Gasteiger charge is -1.93. The number of rotatable bonds is 1. The summed E-state index contributed by atoms with van der Waals surface area (Å²) in [6, 6.07) is 0. The van der Waals surface area contributed by atoms with Gasteiger partial charge in [-0.15, -0.1) is 12.4 Å². The van der Waals surface area contributed by atoms with Crippen LogP contribution in [0, 0.1) is 5.41 Å². The molecule has 0 aromatic carbocycles. The second kappa shape index (κ2) is 5.44. The first-order valence-corrected chi connectivity index (χ1v) is 2.23. The van der Waals surface area contributed by atoms with Crippen molar-refractivity contribution in [1.29, 1.82) is 5.41 Å². The van der Waals surface area contributed by atoms with Gasteiger partial charge in [-0.25, -0.2) is 0 Å². The molecule has 0 saturated carbocycles. The first-order chi connectivity index (χ1) is 3.66. The van der Waals surface area contributed by atoms with Crippen LogP contribution in [0.25, 0.3) is 0 Å². The third-order valence-electron chi connectivity index (χ3n) is 0.579. The molecule has 0 aromatic rings. The van der Waals surface area contributed by atoms with Crippen molar-refractivity contribution in [2.75, 3.05) is 7.11 Å². The second-order valence-electron chi connectivity index (χ2n) is 1.46. The fourth-order valence-corrected chi connectivity index (χ4v) is 0.266. The highest BCUT2D eigenvalue weighted by atomic mass is 35.5. The lowest BCUT2D eigenvalue weighted by molar-refractivity contribution is 0.403. The Morgan fingerprint density at radius 3 is 2.22 bits per heavy atom. The van der Waals surface area contributed by atoms with Crippen LogP contribution in [0.15, 0.2) is 11.8 Å². The molecule has 9 heavy (non-hydrogen) atoms. The normalized spacial score (nSPS) is 9.78. The molecular formula is C5H11ClN2O. The van der Waals surface area contributed by atoms with Crippen LogP contribution >= 0.6 is 12.4 Å². The number of hydrogen-bond acceptors (Lipinski definition) is 3. The van der Waals surface area contributed by atoms with Crippen molar-refractivity contribution in [2.45, 2.75) is 6.92 Å². The van der Waals surface area contributed by atoms with Crippen molar-refractivity contribution in [3.63, 3.8) is 0 Å². The molecule has 4 heteroatoms. The first-order valence-electron chi connectivity index (χ1n) is 2.23. The van der Waals surface area contributed by atoms with Gasteiger partial charge in [0.1, 0.15) is 0 Å². The van der Waals surface area contributed by atoms with E-state index in [0.29, 0.717) is 5.70 Å². The summed E-state index contributed by atoms with van der Waals surface area (Å²) in [6.07, 6.45) is 1.44. The molecule has 3 N–H and O–H groups in total. The zero-order chi connectivity index (χ0) is 6.57. The SMILES string of the molecule is COC(=N)/C=C(/C)N.Cl. The number of ether oxygens (including phenoxy) is 1. The van der Waals surface area contributed by atoms with Crippen molar-refractivity contribution in [3.8, 4) is 0 Å². The zero-order valence-corrected chi connectivity index (χ0v) is 6.29. The van der Waals surface area contributed by atoms with E-state index in [4.69, 9.17) is 11.1 Å². The smallest absolute Gasteiger partial charge is 0.207 e. The number of nitrogens with one attached hydrogen (secondary N) is 1. The quantitative estimate of drug-likeness (QED) is 0.431. The van der Waals surface area contributed by atoms with Crippen molar-refractivity contribution >= 4 is 18.3 Å². The molecular weight excluding hydrogens is 140 g/mol. The lowest BCUT2D eigenvalue weighted by atomic mass is 10.4. The Bertz CT molecular complexity index is 118. The van der Waals surface area contributed by atoms with Gasteiger partial charge in [0, 0.05) is 11.8 Å². The van der Waals surface area contributed by atoms with Gasteiger partial charge in [-0.2, -0.15) is 0 Å². The predicted molar refractivity (Wildman–Crippen MR) is 39.9 cm³/mol. The van der Waals surface area contributed by atoms with Crippen LogP contribution in [0.5, 0.6) is 0 Å². The summed E-state index contributed by atoms with van der Waals surface area (Å²) < 4.78 is 4.49. The molecule has 0 saturated heterocycles. The molecule has 0 amide bonds. The minimum atomic E-state index is 0. The van der Waals surface area contributed by atoms with Gasteiger partial charge in [0.05, 0.1) is 7.11 Å². The molecule has 0 radical (unpaired) electrons. The second-order valence-corrected chi connectivity index (χ2v) is 1.46. The van der Waals surface area contributed by atoms with Crippen molar-refractivity contribution in [3.05, 3.63) is 11.8 Å². The third-order valence-corrected chi connectivity index (χ3v) is 0.579. The van der Waals surface area contributed by atoms with E-state index in [1.807, 2.05) is 0 Å². The van der Waals surface area contributed by atoms with Crippen LogP contribution in [0.2, 0.25) is 0 Å². The van der Waals surface area contributed by atoms with Crippen molar-refractivity contribution in [1.82, 2.24) is 0 Å². The molecule has 0 atom stereocenters. The molecule has 3 nitrogen and oxygen atoms in total. The summed E-state index contributed by atoms with van der Waals surface area (Å²) in [7, 11) is 1.43. The average Bonchev–Trinajstić information content (AvgIpc) is 1.65. The molecule has 54 valence electrons. The molecule has 0 aliphatic carbocycles. The maximum atomic E-state index is 6.89. The number of allylic oxidation sites excluding steroid dienone is 1. The maximum absolute atomic E-state index is 6.89. The highest BCUT2D eigenvalue weighted by molar-refractivity contribution is 5.85. The lowest BCUT2D eigenvalue weighted by Crippen LogP contribution is -1.99. The Labute approximate surface area is 60.8 Å². The van der Waals surface area contributed by atoms with E-state index in [1.54, 1.807) is 6.92 Å². The Morgan fingerprint density at radius 2 is 2.11 bits per heavy atom. The van der Waals surface area contributed by atoms with Gasteiger partial charge in [0.25, 0.3) is 0 Å². The highest BCUT2D eigenvalue weighted by Crippen LogP contribution is 1.81. The number of methoxy groups -OCH3 is 1. The van der Waals surface area contributed by atoms with E-state index in [0.717, 1.165) is 0 Å². The molecule has 0 aliphatic rings. The van der Waals surface area contributed by atoms with E-state index in [1.165, 1.54) is 13.2 Å². The Balaban J connectivity index is 0. The van der Waals surface area contributed by atoms with Crippen LogP contribution in [0.4, 0.5) is 0 Å². The van der Waals surface area contributed by atoms with Gasteiger partial charge >= 0.3 is 0 Å². The standard InChI is InChI=1S/C5H10N2O.ClH/c1-4(6)3-5(7)8-2;/h3,7H,6H2,1-2H3;1H/b4-3-,7-5?;. The van der Waals surface area contributed by atoms with Gasteiger partial charge < -0.3 is 10.5 Å². The average molecular weight is 151 g/mol. The molecule has 0 aromatic heterocycles. The Kier molecular flexibility index (Phi) is 6.73. The number of halogens is 1. The topological polar surface area (TPSA) is 59.1 Å². The number of hydrogen-bond donors (Lipinski definition) is 2. The van der Waals surface area contributed by atoms with Crippen molar-refractivity contribution < 1.29 is 4.74 Å². The van der Waals surface area contributed by atoms with E-state index < -0.39 is 0 Å². The highest BCUT2D eigenvalue weighted by Gasteiger charge is 1.84. The predicted octanol–water partition coefficient (Wildman–Crippen LogP) is 0.894. The van der Waals surface area contributed by atoms with E-state index in [2.05, 4.69) is 4.74 Å². The van der Waals surface area contributed by atoms with E-state index in [9.17, 15) is 0 Å². The summed E-state index contributed by atoms with van der Waals surface area (Å²) in [6.45, 7) is 1.70. The summed E-state index contributed by atoms with van der Waals surface area (Å²) in [4.78, 5) is 0. The summed E-state index contributed by atoms with van der Waals surface area (Å²) in [5.74, 6) is 0.0880. The van der Waals surface area contributed by atoms with Gasteiger partial charge in [-0.3, -0.25) is 5.41 Å². The summed E-state index contributed by atoms with van der Waals surface area (Å²) in [5.41, 5.74) is 5.79. The zero-order valence-electron chi connectivity index (χ0n) is 5.47. The molecule has 0 unspecified atom stereocenters. The number of nitrogens with two attached hydrogens (primary N) is 1. The molecule has 0 rings (SSSR count). The maximum Gasteiger partial charge on any atom is 0.207 e. The van der Waals surface area contributed by atoms with Crippen LogP contribution in [-0.4, -0.2) is 13.0 Å². The van der Waals surface area contributed by atoms with Gasteiger partial charge in [0.2, 0.25) is 5.90 Å². The largest absolute Gasteiger partial charge is 0.481 e. The monoisotopic (exact) mass is 150 g/mol. The molecule has 0 bridgehead atoms. The van der Waals surface area contributed by atoms with Crippen LogP contribution in [0.1, 0.15) is 6.92 Å². The molecule has 0 fully saturated rings. The summed E-state index contributed by atoms with van der Waals surface area (Å²) >= 11 is 0. The van der Waals surface area contributed by atoms with Crippen LogP contribution in [0.3, 0.4) is 0 Å². The van der Waals surface area contributed by atoms with Crippen LogP contribution in [-0.2, 0) is 4.74 Å². The summed E-state index contributed by atoms with van der Waals surface area (Å²) in [5, 5.41) is 6.89. The third kappa shape index (κ3) is 7.30. The Hall–Kier alpha value is -0.700. The minimum Gasteiger partial charge on any atom is -0.481 e. The van der Waals surface area contributed by atoms with Crippen molar-refractivity contribution in [2.24, 2.45) is 5.73 Å². The van der Waals surface area contributed by atoms with Gasteiger partial charge in [-0.1, -0.05) is 0 Å².